The Morgan fingerprint density at radius 2 is 1.89 bits per heavy atom. The van der Waals surface area contributed by atoms with Gasteiger partial charge in [0.1, 0.15) is 5.75 Å². The standard InChI is InChI=1S/C22H18N2O4/c25-14-27-17-4-1-3-15(11-17)16-12-19-18-5-2-6-23-22(18)28-21(19)20(13-16)24-7-9-26-10-8-24/h1-6,11-14H,7-10H2. The van der Waals surface area contributed by atoms with Gasteiger partial charge in [0.15, 0.2) is 5.58 Å². The first-order valence-electron chi connectivity index (χ1n) is 9.18. The largest absolute Gasteiger partial charge is 0.436 e. The van der Waals surface area contributed by atoms with E-state index in [2.05, 4.69) is 22.0 Å². The smallest absolute Gasteiger partial charge is 0.298 e. The van der Waals surface area contributed by atoms with Gasteiger partial charge in [0.25, 0.3) is 6.47 Å². The number of anilines is 1. The summed E-state index contributed by atoms with van der Waals surface area (Å²) in [7, 11) is 0. The van der Waals surface area contributed by atoms with Gasteiger partial charge in [0, 0.05) is 30.1 Å². The summed E-state index contributed by atoms with van der Waals surface area (Å²) in [5.41, 5.74) is 4.48. The van der Waals surface area contributed by atoms with Crippen molar-refractivity contribution in [1.82, 2.24) is 4.98 Å². The topological polar surface area (TPSA) is 64.8 Å². The molecule has 0 spiro atoms. The molecular formula is C22H18N2O4. The molecule has 2 aromatic carbocycles. The van der Waals surface area contributed by atoms with Crippen molar-refractivity contribution in [2.45, 2.75) is 0 Å². The number of hydrogen-bond acceptors (Lipinski definition) is 6. The van der Waals surface area contributed by atoms with Gasteiger partial charge in [-0.05, 0) is 47.5 Å². The summed E-state index contributed by atoms with van der Waals surface area (Å²) in [6.45, 7) is 3.42. The maximum atomic E-state index is 10.7. The Morgan fingerprint density at radius 3 is 2.75 bits per heavy atom. The third kappa shape index (κ3) is 2.88. The van der Waals surface area contributed by atoms with Crippen molar-refractivity contribution in [3.05, 3.63) is 54.7 Å². The fourth-order valence-electron chi connectivity index (χ4n) is 3.71. The van der Waals surface area contributed by atoms with Crippen LogP contribution >= 0.6 is 0 Å². The van der Waals surface area contributed by atoms with Gasteiger partial charge in [-0.15, -0.1) is 0 Å². The number of carbonyl (C=O) groups excluding carboxylic acids is 1. The van der Waals surface area contributed by atoms with E-state index < -0.39 is 0 Å². The molecule has 1 fully saturated rings. The number of ether oxygens (including phenoxy) is 2. The monoisotopic (exact) mass is 374 g/mol. The van der Waals surface area contributed by atoms with Crippen molar-refractivity contribution < 1.29 is 18.7 Å². The predicted octanol–water partition coefficient (Wildman–Crippen LogP) is 4.02. The first-order chi connectivity index (χ1) is 13.8. The number of furan rings is 1. The second kappa shape index (κ2) is 6.98. The summed E-state index contributed by atoms with van der Waals surface area (Å²) in [5.74, 6) is 0.513. The Morgan fingerprint density at radius 1 is 1.00 bits per heavy atom. The first-order valence-corrected chi connectivity index (χ1v) is 9.18. The Kier molecular flexibility index (Phi) is 4.18. The molecule has 1 saturated heterocycles. The highest BCUT2D eigenvalue weighted by molar-refractivity contribution is 6.09. The van der Waals surface area contributed by atoms with Gasteiger partial charge in [-0.1, -0.05) is 12.1 Å². The normalized spacial score (nSPS) is 14.5. The molecule has 6 nitrogen and oxygen atoms in total. The quantitative estimate of drug-likeness (QED) is 0.503. The number of aromatic nitrogens is 1. The third-order valence-electron chi connectivity index (χ3n) is 5.03. The van der Waals surface area contributed by atoms with E-state index in [0.717, 1.165) is 46.3 Å². The number of pyridine rings is 1. The molecule has 2 aromatic heterocycles. The van der Waals surface area contributed by atoms with E-state index in [9.17, 15) is 4.79 Å². The number of rotatable bonds is 4. The Bertz CT molecular complexity index is 1160. The second-order valence-electron chi connectivity index (χ2n) is 6.67. The average Bonchev–Trinajstić information content (AvgIpc) is 3.13. The van der Waals surface area contributed by atoms with E-state index in [1.54, 1.807) is 12.3 Å². The minimum atomic E-state index is 0.441. The molecule has 0 aliphatic carbocycles. The maximum absolute atomic E-state index is 10.7. The molecule has 0 bridgehead atoms. The van der Waals surface area contributed by atoms with Gasteiger partial charge in [-0.25, -0.2) is 4.98 Å². The van der Waals surface area contributed by atoms with Crippen molar-refractivity contribution in [1.29, 1.82) is 0 Å². The van der Waals surface area contributed by atoms with Crippen LogP contribution in [-0.2, 0) is 9.53 Å². The summed E-state index contributed by atoms with van der Waals surface area (Å²) >= 11 is 0. The molecule has 4 aromatic rings. The summed E-state index contributed by atoms with van der Waals surface area (Å²) < 4.78 is 16.7. The van der Waals surface area contributed by atoms with Crippen molar-refractivity contribution in [2.24, 2.45) is 0 Å². The number of fused-ring (bicyclic) bond motifs is 3. The molecule has 28 heavy (non-hydrogen) atoms. The van der Waals surface area contributed by atoms with Crippen LogP contribution < -0.4 is 9.64 Å². The average molecular weight is 374 g/mol. The van der Waals surface area contributed by atoms with Gasteiger partial charge in [0.2, 0.25) is 5.71 Å². The number of morpholine rings is 1. The van der Waals surface area contributed by atoms with Crippen LogP contribution in [0.4, 0.5) is 5.69 Å². The highest BCUT2D eigenvalue weighted by atomic mass is 16.5. The van der Waals surface area contributed by atoms with E-state index in [0.29, 0.717) is 31.1 Å². The van der Waals surface area contributed by atoms with Crippen molar-refractivity contribution in [2.75, 3.05) is 31.2 Å². The highest BCUT2D eigenvalue weighted by Crippen LogP contribution is 2.39. The van der Waals surface area contributed by atoms with Crippen molar-refractivity contribution in [3.8, 4) is 16.9 Å². The fourth-order valence-corrected chi connectivity index (χ4v) is 3.71. The minimum absolute atomic E-state index is 0.441. The maximum Gasteiger partial charge on any atom is 0.298 e. The van der Waals surface area contributed by atoms with Crippen LogP contribution in [0.5, 0.6) is 5.75 Å². The van der Waals surface area contributed by atoms with Crippen LogP contribution in [-0.4, -0.2) is 37.8 Å². The van der Waals surface area contributed by atoms with Crippen LogP contribution in [0.2, 0.25) is 0 Å². The number of nitrogens with zero attached hydrogens (tertiary/aromatic N) is 2. The molecule has 0 amide bonds. The molecule has 0 N–H and O–H groups in total. The highest BCUT2D eigenvalue weighted by Gasteiger charge is 2.20. The van der Waals surface area contributed by atoms with Crippen LogP contribution in [0.3, 0.4) is 0 Å². The molecule has 0 radical (unpaired) electrons. The van der Waals surface area contributed by atoms with Gasteiger partial charge in [-0.3, -0.25) is 4.79 Å². The molecule has 140 valence electrons. The molecular weight excluding hydrogens is 356 g/mol. The van der Waals surface area contributed by atoms with Crippen molar-refractivity contribution in [3.63, 3.8) is 0 Å². The van der Waals surface area contributed by atoms with Crippen LogP contribution in [0.1, 0.15) is 0 Å². The predicted molar refractivity (Wildman–Crippen MR) is 107 cm³/mol. The third-order valence-corrected chi connectivity index (χ3v) is 5.03. The lowest BCUT2D eigenvalue weighted by atomic mass is 10.0. The molecule has 1 aliphatic heterocycles. The van der Waals surface area contributed by atoms with Crippen LogP contribution in [0.15, 0.2) is 59.1 Å². The van der Waals surface area contributed by atoms with E-state index in [1.807, 2.05) is 30.3 Å². The van der Waals surface area contributed by atoms with E-state index in [1.165, 1.54) is 0 Å². The lowest BCUT2D eigenvalue weighted by Crippen LogP contribution is -2.36. The summed E-state index contributed by atoms with van der Waals surface area (Å²) in [4.78, 5) is 17.4. The molecule has 6 heteroatoms. The van der Waals surface area contributed by atoms with Gasteiger partial charge < -0.3 is 18.8 Å². The molecule has 3 heterocycles. The number of hydrogen-bond donors (Lipinski definition) is 0. The molecule has 0 atom stereocenters. The molecule has 0 saturated carbocycles. The van der Waals surface area contributed by atoms with E-state index >= 15 is 0 Å². The fraction of sp³-hybridized carbons (Fsp3) is 0.182. The number of benzene rings is 2. The Balaban J connectivity index is 1.74. The zero-order chi connectivity index (χ0) is 18.9. The van der Waals surface area contributed by atoms with Crippen molar-refractivity contribution >= 4 is 34.2 Å². The van der Waals surface area contributed by atoms with Gasteiger partial charge >= 0.3 is 0 Å². The zero-order valence-corrected chi connectivity index (χ0v) is 15.1. The summed E-state index contributed by atoms with van der Waals surface area (Å²) in [6, 6.07) is 15.7. The van der Waals surface area contributed by atoms with Gasteiger partial charge in [0.05, 0.1) is 18.9 Å². The molecule has 5 rings (SSSR count). The van der Waals surface area contributed by atoms with Gasteiger partial charge in [-0.2, -0.15) is 0 Å². The Labute approximate surface area is 161 Å². The van der Waals surface area contributed by atoms with E-state index in [-0.39, 0.29) is 0 Å². The number of carbonyl (C=O) groups is 1. The van der Waals surface area contributed by atoms with E-state index in [4.69, 9.17) is 13.9 Å². The molecule has 1 aliphatic rings. The SMILES string of the molecule is O=COc1cccc(-c2cc(N3CCOCC3)c3oc4ncccc4c3c2)c1. The lowest BCUT2D eigenvalue weighted by Gasteiger charge is -2.29. The second-order valence-corrected chi connectivity index (χ2v) is 6.67. The first kappa shape index (κ1) is 16.8. The van der Waals surface area contributed by atoms with Crippen LogP contribution in [0, 0.1) is 0 Å². The summed E-state index contributed by atoms with van der Waals surface area (Å²) in [5, 5.41) is 2.00. The minimum Gasteiger partial charge on any atom is -0.436 e. The summed E-state index contributed by atoms with van der Waals surface area (Å²) in [6.07, 6.45) is 1.74. The zero-order valence-electron chi connectivity index (χ0n) is 15.1. The lowest BCUT2D eigenvalue weighted by molar-refractivity contribution is -0.120. The molecule has 0 unspecified atom stereocenters. The Hall–Kier alpha value is -3.38. The van der Waals surface area contributed by atoms with Crippen LogP contribution in [0.25, 0.3) is 33.2 Å².